The molecule has 0 atom stereocenters. The van der Waals surface area contributed by atoms with Gasteiger partial charge in [-0.2, -0.15) is 0 Å². The molecule has 0 spiro atoms. The lowest BCUT2D eigenvalue weighted by molar-refractivity contribution is 1.17. The molecule has 63 heavy (non-hydrogen) atoms. The van der Waals surface area contributed by atoms with Crippen molar-refractivity contribution < 1.29 is 0 Å². The van der Waals surface area contributed by atoms with Gasteiger partial charge in [-0.25, -0.2) is 0 Å². The van der Waals surface area contributed by atoms with Crippen LogP contribution in [0, 0.1) is 0 Å². The zero-order valence-corrected chi connectivity index (χ0v) is 35.6. The molecule has 12 aromatic rings. The van der Waals surface area contributed by atoms with Gasteiger partial charge in [-0.3, -0.25) is 0 Å². The van der Waals surface area contributed by atoms with Gasteiger partial charge in [0, 0.05) is 32.8 Å². The largest absolute Gasteiger partial charge is 0.309 e. The summed E-state index contributed by atoms with van der Waals surface area (Å²) in [6.45, 7) is 0. The lowest BCUT2D eigenvalue weighted by Crippen LogP contribution is -2.75. The lowest BCUT2D eigenvalue weighted by atomic mass is 9.98. The second-order valence-electron chi connectivity index (χ2n) is 16.4. The molecule has 0 aliphatic carbocycles. The quantitative estimate of drug-likeness (QED) is 0.107. The molecule has 0 aliphatic heterocycles. The Balaban J connectivity index is 1.17. The molecule has 0 aliphatic rings. The number of nitrogens with zero attached hydrogens (tertiary/aromatic N) is 2. The van der Waals surface area contributed by atoms with Gasteiger partial charge >= 0.3 is 0 Å². The Morgan fingerprint density at radius 2 is 0.762 bits per heavy atom. The highest BCUT2D eigenvalue weighted by molar-refractivity contribution is 7.20. The predicted octanol–water partition coefficient (Wildman–Crippen LogP) is 12.6. The minimum Gasteiger partial charge on any atom is -0.309 e. The Bertz CT molecular complexity index is 3500. The third-order valence-corrected chi connectivity index (χ3v) is 17.9. The number of hydrogen-bond donors (Lipinski definition) is 0. The van der Waals surface area contributed by atoms with E-state index in [1.807, 2.05) is 0 Å². The fourth-order valence-electron chi connectivity index (χ4n) is 10.4. The Morgan fingerprint density at radius 1 is 0.286 bits per heavy atom. The van der Waals surface area contributed by atoms with Crippen molar-refractivity contribution in [3.05, 3.63) is 255 Å². The van der Waals surface area contributed by atoms with E-state index < -0.39 is 8.07 Å². The van der Waals surface area contributed by atoms with Gasteiger partial charge in [-0.15, -0.1) is 0 Å². The average molecular weight is 819 g/mol. The van der Waals surface area contributed by atoms with Crippen molar-refractivity contribution in [1.82, 2.24) is 9.13 Å². The van der Waals surface area contributed by atoms with Gasteiger partial charge in [0.2, 0.25) is 0 Å². The molecule has 0 N–H and O–H groups in total. The molecule has 0 amide bonds. The highest BCUT2D eigenvalue weighted by atomic mass is 28.3. The SMILES string of the molecule is c1ccc(-c2ccc(-c3ccccc3)c(-n3c4ccccc4c4cc(-n5c6ccccc6c6cccc([Si](c7ccccc7)(c7ccccc7)c7ccccc7)c65)ccc43)c2)cc1. The van der Waals surface area contributed by atoms with Crippen LogP contribution >= 0.6 is 0 Å². The van der Waals surface area contributed by atoms with Crippen molar-refractivity contribution in [2.24, 2.45) is 0 Å². The van der Waals surface area contributed by atoms with Crippen molar-refractivity contribution in [1.29, 1.82) is 0 Å². The maximum absolute atomic E-state index is 2.93. The van der Waals surface area contributed by atoms with Crippen LogP contribution in [0.1, 0.15) is 0 Å². The van der Waals surface area contributed by atoms with Gasteiger partial charge in [-0.05, 0) is 73.8 Å². The molecular formula is C60H42N2Si. The van der Waals surface area contributed by atoms with E-state index in [0.29, 0.717) is 0 Å². The number of rotatable bonds is 8. The van der Waals surface area contributed by atoms with E-state index in [1.54, 1.807) is 0 Å². The summed E-state index contributed by atoms with van der Waals surface area (Å²) in [6.07, 6.45) is 0. The monoisotopic (exact) mass is 818 g/mol. The summed E-state index contributed by atoms with van der Waals surface area (Å²) < 4.78 is 5.05. The van der Waals surface area contributed by atoms with Crippen LogP contribution in [0.5, 0.6) is 0 Å². The van der Waals surface area contributed by atoms with Gasteiger partial charge < -0.3 is 9.13 Å². The van der Waals surface area contributed by atoms with Gasteiger partial charge in [0.25, 0.3) is 0 Å². The molecular weight excluding hydrogens is 777 g/mol. The summed E-state index contributed by atoms with van der Waals surface area (Å²) in [5.74, 6) is 0. The zero-order chi connectivity index (χ0) is 41.7. The standard InChI is InChI=1S/C60H42N2Si/c1-6-21-43(22-7-1)45-37-39-50(44-23-8-2-9-24-44)58(41-45)62-56-35-19-17-32-52(56)54-42-46(38-40-57(54)62)61-55-34-18-16-31-51(55)53-33-20-36-59(60(53)61)63(47-25-10-3-11-26-47,48-27-12-4-13-28-48)49-29-14-5-15-30-49/h1-42H. The normalized spacial score (nSPS) is 11.8. The molecule has 0 bridgehead atoms. The molecule has 0 saturated heterocycles. The van der Waals surface area contributed by atoms with Gasteiger partial charge in [-0.1, -0.05) is 218 Å². The Labute approximate surface area is 368 Å². The van der Waals surface area contributed by atoms with Gasteiger partial charge in [0.1, 0.15) is 0 Å². The van der Waals surface area contributed by atoms with Crippen LogP contribution in [0.2, 0.25) is 0 Å². The van der Waals surface area contributed by atoms with E-state index in [1.165, 1.54) is 86.6 Å². The predicted molar refractivity (Wildman–Crippen MR) is 270 cm³/mol. The number of benzene rings is 10. The zero-order valence-electron chi connectivity index (χ0n) is 34.6. The summed E-state index contributed by atoms with van der Waals surface area (Å²) in [5, 5.41) is 10.4. The van der Waals surface area contributed by atoms with Gasteiger partial charge in [0.05, 0.1) is 27.8 Å². The summed E-state index contributed by atoms with van der Waals surface area (Å²) in [6, 6.07) is 94.3. The summed E-state index contributed by atoms with van der Waals surface area (Å²) in [4.78, 5) is 0. The Hall–Kier alpha value is -7.98. The van der Waals surface area contributed by atoms with Crippen LogP contribution < -0.4 is 20.7 Å². The summed E-state index contributed by atoms with van der Waals surface area (Å²) in [5.41, 5.74) is 11.9. The smallest absolute Gasteiger partial charge is 0.181 e. The third kappa shape index (κ3) is 5.85. The first kappa shape index (κ1) is 36.8. The van der Waals surface area contributed by atoms with Crippen molar-refractivity contribution in [3.8, 4) is 33.6 Å². The molecule has 2 aromatic heterocycles. The second-order valence-corrected chi connectivity index (χ2v) is 20.2. The van der Waals surface area contributed by atoms with Crippen molar-refractivity contribution in [3.63, 3.8) is 0 Å². The molecule has 0 unspecified atom stereocenters. The molecule has 0 fully saturated rings. The number of fused-ring (bicyclic) bond motifs is 6. The first-order chi connectivity index (χ1) is 31.3. The van der Waals surface area contributed by atoms with Crippen molar-refractivity contribution in [2.45, 2.75) is 0 Å². The van der Waals surface area contributed by atoms with E-state index >= 15 is 0 Å². The van der Waals surface area contributed by atoms with Crippen LogP contribution in [-0.2, 0) is 0 Å². The Kier molecular flexibility index (Phi) is 8.87. The topological polar surface area (TPSA) is 9.86 Å². The molecule has 0 saturated carbocycles. The van der Waals surface area contributed by atoms with Gasteiger partial charge in [0.15, 0.2) is 8.07 Å². The van der Waals surface area contributed by atoms with E-state index in [4.69, 9.17) is 0 Å². The van der Waals surface area contributed by atoms with E-state index in [0.717, 1.165) is 11.4 Å². The molecule has 296 valence electrons. The number of aromatic nitrogens is 2. The molecule has 12 rings (SSSR count). The van der Waals surface area contributed by atoms with E-state index in [9.17, 15) is 0 Å². The second kappa shape index (κ2) is 15.2. The maximum atomic E-state index is 2.56. The first-order valence-electron chi connectivity index (χ1n) is 21.8. The lowest BCUT2D eigenvalue weighted by Gasteiger charge is -2.35. The Morgan fingerprint density at radius 3 is 1.37 bits per heavy atom. The minimum absolute atomic E-state index is 1.14. The first-order valence-corrected chi connectivity index (χ1v) is 23.8. The van der Waals surface area contributed by atoms with Crippen molar-refractivity contribution in [2.75, 3.05) is 0 Å². The highest BCUT2D eigenvalue weighted by Gasteiger charge is 2.43. The minimum atomic E-state index is -2.93. The highest BCUT2D eigenvalue weighted by Crippen LogP contribution is 2.40. The molecule has 2 nitrogen and oxygen atoms in total. The van der Waals surface area contributed by atoms with Crippen LogP contribution in [-0.4, -0.2) is 17.2 Å². The molecule has 2 heterocycles. The summed E-state index contributed by atoms with van der Waals surface area (Å²) >= 11 is 0. The van der Waals surface area contributed by atoms with Crippen LogP contribution in [0.4, 0.5) is 0 Å². The maximum Gasteiger partial charge on any atom is 0.181 e. The number of para-hydroxylation sites is 3. The van der Waals surface area contributed by atoms with Crippen LogP contribution in [0.25, 0.3) is 77.2 Å². The van der Waals surface area contributed by atoms with Crippen molar-refractivity contribution >= 4 is 72.4 Å². The van der Waals surface area contributed by atoms with E-state index in [-0.39, 0.29) is 0 Å². The van der Waals surface area contributed by atoms with Crippen LogP contribution in [0.15, 0.2) is 255 Å². The molecule has 0 radical (unpaired) electrons. The molecule has 3 heteroatoms. The number of hydrogen-bond acceptors (Lipinski definition) is 0. The average Bonchev–Trinajstić information content (AvgIpc) is 3.88. The summed E-state index contributed by atoms with van der Waals surface area (Å²) in [7, 11) is -2.93. The third-order valence-electron chi connectivity index (χ3n) is 13.1. The van der Waals surface area contributed by atoms with E-state index in [2.05, 4.69) is 264 Å². The fraction of sp³-hybridized carbons (Fsp3) is 0. The van der Waals surface area contributed by atoms with Crippen LogP contribution in [0.3, 0.4) is 0 Å². The molecule has 10 aromatic carbocycles. The fourth-order valence-corrected chi connectivity index (χ4v) is 15.3.